The van der Waals surface area contributed by atoms with E-state index in [0.717, 1.165) is 64.2 Å². The van der Waals surface area contributed by atoms with Crippen molar-refractivity contribution in [3.8, 4) is 0 Å². The molecule has 354 valence electrons. The van der Waals surface area contributed by atoms with Crippen molar-refractivity contribution in [3.05, 3.63) is 72.9 Å². The normalized spacial score (nSPS) is 13.4. The summed E-state index contributed by atoms with van der Waals surface area (Å²) in [6, 6.07) is -0.648. The zero-order chi connectivity index (χ0) is 44.2. The molecule has 0 aromatic carbocycles. The second kappa shape index (κ2) is 52.2. The van der Waals surface area contributed by atoms with Crippen molar-refractivity contribution in [1.82, 2.24) is 5.32 Å². The van der Waals surface area contributed by atoms with Gasteiger partial charge >= 0.3 is 0 Å². The molecule has 0 saturated heterocycles. The van der Waals surface area contributed by atoms with Crippen LogP contribution in [0, 0.1) is 0 Å². The van der Waals surface area contributed by atoms with E-state index in [2.05, 4.69) is 79.9 Å². The maximum Gasteiger partial charge on any atom is 0.220 e. The molecule has 0 aliphatic rings. The lowest BCUT2D eigenvalue weighted by molar-refractivity contribution is -0.123. The van der Waals surface area contributed by atoms with Crippen LogP contribution in [0.4, 0.5) is 0 Å². The van der Waals surface area contributed by atoms with Crippen LogP contribution in [0.3, 0.4) is 0 Å². The third-order valence-electron chi connectivity index (χ3n) is 11.9. The van der Waals surface area contributed by atoms with Gasteiger partial charge in [0.2, 0.25) is 5.91 Å². The maximum absolute atomic E-state index is 12.4. The summed E-state index contributed by atoms with van der Waals surface area (Å²) in [6.45, 7) is 4.20. The number of nitrogens with one attached hydrogen (secondary N) is 1. The van der Waals surface area contributed by atoms with Crippen molar-refractivity contribution in [1.29, 1.82) is 0 Å². The summed E-state index contributed by atoms with van der Waals surface area (Å²) in [6.07, 6.45) is 74.8. The quantitative estimate of drug-likeness (QED) is 0.0422. The van der Waals surface area contributed by atoms with Gasteiger partial charge in [0.1, 0.15) is 0 Å². The zero-order valence-corrected chi connectivity index (χ0v) is 40.7. The Morgan fingerprint density at radius 2 is 0.738 bits per heavy atom. The highest BCUT2D eigenvalue weighted by Crippen LogP contribution is 2.16. The molecule has 2 atom stereocenters. The van der Waals surface area contributed by atoms with Gasteiger partial charge in [-0.2, -0.15) is 0 Å². The highest BCUT2D eigenvalue weighted by Gasteiger charge is 2.17. The lowest BCUT2D eigenvalue weighted by Gasteiger charge is -2.19. The van der Waals surface area contributed by atoms with Gasteiger partial charge in [0.15, 0.2) is 0 Å². The maximum atomic E-state index is 12.4. The number of aliphatic hydroxyl groups is 2. The van der Waals surface area contributed by atoms with Gasteiger partial charge in [-0.25, -0.2) is 0 Å². The van der Waals surface area contributed by atoms with Crippen LogP contribution < -0.4 is 5.32 Å². The Bertz CT molecular complexity index is 1050. The van der Waals surface area contributed by atoms with Crippen molar-refractivity contribution in [2.75, 3.05) is 6.61 Å². The van der Waals surface area contributed by atoms with Gasteiger partial charge in [-0.1, -0.05) is 260 Å². The predicted octanol–water partition coefficient (Wildman–Crippen LogP) is 17.4. The molecule has 61 heavy (non-hydrogen) atoms. The van der Waals surface area contributed by atoms with E-state index in [1.54, 1.807) is 6.08 Å². The summed E-state index contributed by atoms with van der Waals surface area (Å²) in [5.41, 5.74) is 0. The molecule has 1 amide bonds. The number of allylic oxidation sites excluding steroid dienone is 11. The molecule has 0 radical (unpaired) electrons. The molecule has 0 rings (SSSR count). The van der Waals surface area contributed by atoms with Crippen molar-refractivity contribution < 1.29 is 15.0 Å². The van der Waals surface area contributed by atoms with E-state index in [1.165, 1.54) is 180 Å². The van der Waals surface area contributed by atoms with Gasteiger partial charge in [0, 0.05) is 6.42 Å². The van der Waals surface area contributed by atoms with E-state index >= 15 is 0 Å². The predicted molar refractivity (Wildman–Crippen MR) is 271 cm³/mol. The van der Waals surface area contributed by atoms with Gasteiger partial charge in [-0.3, -0.25) is 4.79 Å². The molecule has 4 nitrogen and oxygen atoms in total. The fourth-order valence-corrected chi connectivity index (χ4v) is 7.89. The van der Waals surface area contributed by atoms with E-state index in [9.17, 15) is 15.0 Å². The first-order valence-corrected chi connectivity index (χ1v) is 26.7. The van der Waals surface area contributed by atoms with Crippen LogP contribution in [0.15, 0.2) is 72.9 Å². The third kappa shape index (κ3) is 48.7. The average molecular weight is 850 g/mol. The molecular formula is C57H103NO3. The Kier molecular flexibility index (Phi) is 50.3. The summed E-state index contributed by atoms with van der Waals surface area (Å²) in [5.74, 6) is -0.0827. The molecule has 2 unspecified atom stereocenters. The number of hydrogen-bond acceptors (Lipinski definition) is 3. The highest BCUT2D eigenvalue weighted by atomic mass is 16.3. The Labute approximate surface area is 380 Å². The van der Waals surface area contributed by atoms with Gasteiger partial charge in [-0.15, -0.1) is 0 Å². The molecule has 0 aromatic heterocycles. The Balaban J connectivity index is 3.57. The summed E-state index contributed by atoms with van der Waals surface area (Å²) in [5, 5.41) is 23.1. The Morgan fingerprint density at radius 1 is 0.410 bits per heavy atom. The van der Waals surface area contributed by atoms with Crippen molar-refractivity contribution in [3.63, 3.8) is 0 Å². The minimum Gasteiger partial charge on any atom is -0.394 e. The largest absolute Gasteiger partial charge is 0.394 e. The third-order valence-corrected chi connectivity index (χ3v) is 11.9. The van der Waals surface area contributed by atoms with Crippen LogP contribution in [-0.4, -0.2) is 34.9 Å². The molecule has 0 fully saturated rings. The van der Waals surface area contributed by atoms with Gasteiger partial charge in [0.25, 0.3) is 0 Å². The number of unbranched alkanes of at least 4 members (excludes halogenated alkanes) is 31. The Morgan fingerprint density at radius 3 is 1.15 bits per heavy atom. The molecule has 0 bridgehead atoms. The van der Waals surface area contributed by atoms with E-state index in [0.29, 0.717) is 6.42 Å². The average Bonchev–Trinajstić information content (AvgIpc) is 3.26. The van der Waals surface area contributed by atoms with Gasteiger partial charge in [0.05, 0.1) is 18.8 Å². The molecular weight excluding hydrogens is 747 g/mol. The fraction of sp³-hybridized carbons (Fsp3) is 0.772. The minimum absolute atomic E-state index is 0.0827. The molecule has 0 aliphatic carbocycles. The van der Waals surface area contributed by atoms with Crippen LogP contribution in [0.2, 0.25) is 0 Å². The number of rotatable bonds is 48. The summed E-state index contributed by atoms with van der Waals surface area (Å²) >= 11 is 0. The molecule has 0 spiro atoms. The van der Waals surface area contributed by atoms with Crippen molar-refractivity contribution in [2.45, 2.75) is 276 Å². The first kappa shape index (κ1) is 58.8. The van der Waals surface area contributed by atoms with Crippen LogP contribution >= 0.6 is 0 Å². The molecule has 4 heteroatoms. The number of amides is 1. The SMILES string of the molecule is CC/C=C\C/C=C\C/C=C\C/C=C\CCCCCCCCCCC(=O)NC(CO)C(O)/C=C/CC/C=C/CCCCCCCCCCCCCCCCCCCCCCCC. The van der Waals surface area contributed by atoms with Crippen LogP contribution in [0.25, 0.3) is 0 Å². The van der Waals surface area contributed by atoms with Crippen molar-refractivity contribution in [2.24, 2.45) is 0 Å². The molecule has 0 saturated carbocycles. The lowest BCUT2D eigenvalue weighted by Crippen LogP contribution is -2.45. The number of carbonyl (C=O) groups is 1. The first-order chi connectivity index (χ1) is 30.2. The van der Waals surface area contributed by atoms with E-state index < -0.39 is 12.1 Å². The topological polar surface area (TPSA) is 69.6 Å². The molecule has 0 aromatic rings. The second-order valence-corrected chi connectivity index (χ2v) is 17.9. The Hall–Kier alpha value is -2.17. The highest BCUT2D eigenvalue weighted by molar-refractivity contribution is 5.76. The van der Waals surface area contributed by atoms with E-state index in [-0.39, 0.29) is 12.5 Å². The summed E-state index contributed by atoms with van der Waals surface area (Å²) in [4.78, 5) is 12.4. The van der Waals surface area contributed by atoms with Crippen LogP contribution in [-0.2, 0) is 4.79 Å². The molecule has 3 N–H and O–H groups in total. The molecule has 0 aliphatic heterocycles. The summed E-state index contributed by atoms with van der Waals surface area (Å²) < 4.78 is 0. The number of hydrogen-bond donors (Lipinski definition) is 3. The zero-order valence-electron chi connectivity index (χ0n) is 40.7. The van der Waals surface area contributed by atoms with Gasteiger partial charge < -0.3 is 15.5 Å². The summed E-state index contributed by atoms with van der Waals surface area (Å²) in [7, 11) is 0. The van der Waals surface area contributed by atoms with Gasteiger partial charge in [-0.05, 0) is 70.6 Å². The monoisotopic (exact) mass is 850 g/mol. The lowest BCUT2D eigenvalue weighted by atomic mass is 10.0. The van der Waals surface area contributed by atoms with Crippen molar-refractivity contribution >= 4 is 5.91 Å². The van der Waals surface area contributed by atoms with E-state index in [1.807, 2.05) is 6.08 Å². The number of carbonyl (C=O) groups excluding carboxylic acids is 1. The second-order valence-electron chi connectivity index (χ2n) is 17.9. The smallest absolute Gasteiger partial charge is 0.220 e. The minimum atomic E-state index is -0.870. The fourth-order valence-electron chi connectivity index (χ4n) is 7.89. The first-order valence-electron chi connectivity index (χ1n) is 26.7. The van der Waals surface area contributed by atoms with Crippen LogP contribution in [0.1, 0.15) is 264 Å². The number of aliphatic hydroxyl groups excluding tert-OH is 2. The molecule has 0 heterocycles. The standard InChI is InChI=1S/C57H103NO3/c1-3-5-7-9-11-13-15-17-19-21-23-25-26-27-28-29-30-31-33-34-36-38-40-42-44-46-48-50-52-56(60)55(54-59)58-57(61)53-51-49-47-45-43-41-39-37-35-32-24-22-20-18-16-14-12-10-8-6-4-2/h6,8,12,14,18,20,24,32,42,44,50,52,55-56,59-60H,3-5,7,9-11,13,15-17,19,21-23,25-31,33-41,43,45-49,51,53-54H2,1-2H3,(H,58,61)/b8-6-,14-12-,20-18-,32-24-,44-42+,52-50+. The van der Waals surface area contributed by atoms with E-state index in [4.69, 9.17) is 0 Å². The van der Waals surface area contributed by atoms with Crippen LogP contribution in [0.5, 0.6) is 0 Å².